The Bertz CT molecular complexity index is 915. The summed E-state index contributed by atoms with van der Waals surface area (Å²) in [5, 5.41) is 0. The van der Waals surface area contributed by atoms with Gasteiger partial charge in [0.05, 0.1) is 0 Å². The number of amides is 1. The Balaban J connectivity index is 2.24. The molecular formula is C20H28N4O4. The summed E-state index contributed by atoms with van der Waals surface area (Å²) in [4.78, 5) is 40.6. The van der Waals surface area contributed by atoms with Gasteiger partial charge in [-0.15, -0.1) is 0 Å². The minimum absolute atomic E-state index is 0.00954. The van der Waals surface area contributed by atoms with E-state index in [9.17, 15) is 14.4 Å². The molecule has 152 valence electrons. The third kappa shape index (κ3) is 4.82. The van der Waals surface area contributed by atoms with Crippen molar-refractivity contribution in [3.8, 4) is 5.75 Å². The van der Waals surface area contributed by atoms with Crippen LogP contribution in [0.15, 0.2) is 33.9 Å². The highest BCUT2D eigenvalue weighted by molar-refractivity contribution is 5.96. The number of rotatable bonds is 9. The van der Waals surface area contributed by atoms with Crippen LogP contribution < -0.4 is 26.6 Å². The quantitative estimate of drug-likeness (QED) is 0.682. The van der Waals surface area contributed by atoms with Gasteiger partial charge in [0.25, 0.3) is 11.5 Å². The van der Waals surface area contributed by atoms with Gasteiger partial charge >= 0.3 is 5.69 Å². The maximum Gasteiger partial charge on any atom is 0.330 e. The molecule has 2 rings (SSSR count). The Morgan fingerprint density at radius 1 is 1.18 bits per heavy atom. The highest BCUT2D eigenvalue weighted by atomic mass is 16.5. The average Bonchev–Trinajstić information content (AvgIpc) is 2.69. The smallest absolute Gasteiger partial charge is 0.330 e. The number of nitrogens with two attached hydrogens (primary N) is 1. The van der Waals surface area contributed by atoms with E-state index in [0.29, 0.717) is 12.3 Å². The van der Waals surface area contributed by atoms with Crippen molar-refractivity contribution in [2.45, 2.75) is 46.6 Å². The summed E-state index contributed by atoms with van der Waals surface area (Å²) >= 11 is 0. The molecule has 1 aromatic heterocycles. The second-order valence-corrected chi connectivity index (χ2v) is 6.42. The zero-order chi connectivity index (χ0) is 20.7. The third-order valence-corrected chi connectivity index (χ3v) is 4.53. The molecule has 0 aliphatic rings. The van der Waals surface area contributed by atoms with E-state index in [4.69, 9.17) is 10.5 Å². The zero-order valence-electron chi connectivity index (χ0n) is 16.7. The van der Waals surface area contributed by atoms with Gasteiger partial charge in [0, 0.05) is 13.1 Å². The number of hydrogen-bond donors (Lipinski definition) is 2. The molecule has 3 N–H and O–H groups in total. The summed E-state index contributed by atoms with van der Waals surface area (Å²) < 4.78 is 6.85. The van der Waals surface area contributed by atoms with E-state index in [-0.39, 0.29) is 24.7 Å². The van der Waals surface area contributed by atoms with Gasteiger partial charge in [0.2, 0.25) is 0 Å². The van der Waals surface area contributed by atoms with E-state index in [1.54, 1.807) is 19.1 Å². The van der Waals surface area contributed by atoms with Gasteiger partial charge in [-0.05, 0) is 37.5 Å². The van der Waals surface area contributed by atoms with Crippen LogP contribution in [-0.2, 0) is 17.8 Å². The van der Waals surface area contributed by atoms with E-state index >= 15 is 0 Å². The van der Waals surface area contributed by atoms with E-state index in [1.807, 2.05) is 19.1 Å². The Kier molecular flexibility index (Phi) is 7.43. The summed E-state index contributed by atoms with van der Waals surface area (Å²) in [7, 11) is 0. The second kappa shape index (κ2) is 9.77. The lowest BCUT2D eigenvalue weighted by atomic mass is 10.2. The second-order valence-electron chi connectivity index (χ2n) is 6.42. The minimum atomic E-state index is -0.683. The van der Waals surface area contributed by atoms with Crippen LogP contribution in [0.1, 0.15) is 39.2 Å². The molecule has 28 heavy (non-hydrogen) atoms. The molecule has 1 amide bonds. The van der Waals surface area contributed by atoms with E-state index in [2.05, 4.69) is 11.9 Å². The molecule has 0 unspecified atom stereocenters. The van der Waals surface area contributed by atoms with Gasteiger partial charge in [-0.3, -0.25) is 19.1 Å². The summed E-state index contributed by atoms with van der Waals surface area (Å²) in [5.74, 6) is 0.140. The highest BCUT2D eigenvalue weighted by Crippen LogP contribution is 2.18. The normalized spacial score (nSPS) is 10.7. The number of carbonyl (C=O) groups is 1. The predicted octanol–water partition coefficient (Wildman–Crippen LogP) is 1.91. The first-order valence-corrected chi connectivity index (χ1v) is 9.57. The lowest BCUT2D eigenvalue weighted by molar-refractivity contribution is -0.120. The van der Waals surface area contributed by atoms with Crippen molar-refractivity contribution < 1.29 is 9.53 Å². The topological polar surface area (TPSA) is 110 Å². The maximum atomic E-state index is 12.7. The number of nitrogens with one attached hydrogen (secondary N) is 1. The van der Waals surface area contributed by atoms with Gasteiger partial charge in [-0.1, -0.05) is 32.4 Å². The van der Waals surface area contributed by atoms with Crippen LogP contribution >= 0.6 is 0 Å². The molecule has 0 aliphatic carbocycles. The van der Waals surface area contributed by atoms with Crippen molar-refractivity contribution in [3.05, 3.63) is 50.7 Å². The number of ether oxygens (including phenoxy) is 1. The Labute approximate surface area is 163 Å². The molecule has 1 heterocycles. The summed E-state index contributed by atoms with van der Waals surface area (Å²) in [6, 6.07) is 7.47. The summed E-state index contributed by atoms with van der Waals surface area (Å²) in [6.45, 7) is 6.12. The first kappa shape index (κ1) is 21.3. The van der Waals surface area contributed by atoms with Crippen molar-refractivity contribution in [1.29, 1.82) is 0 Å². The molecule has 0 bridgehead atoms. The van der Waals surface area contributed by atoms with Crippen LogP contribution in [0.3, 0.4) is 0 Å². The van der Waals surface area contributed by atoms with E-state index in [1.165, 1.54) is 15.0 Å². The summed E-state index contributed by atoms with van der Waals surface area (Å²) in [6.07, 6.45) is 2.51. The van der Waals surface area contributed by atoms with Crippen molar-refractivity contribution in [2.75, 3.05) is 23.8 Å². The number of benzene rings is 1. The van der Waals surface area contributed by atoms with Crippen molar-refractivity contribution in [2.24, 2.45) is 0 Å². The molecule has 2 aromatic rings. The molecule has 0 spiro atoms. The van der Waals surface area contributed by atoms with Crippen LogP contribution in [0, 0.1) is 0 Å². The van der Waals surface area contributed by atoms with Gasteiger partial charge in [-0.25, -0.2) is 4.79 Å². The fourth-order valence-corrected chi connectivity index (χ4v) is 2.88. The number of unbranched alkanes of at least 4 members (excludes halogenated alkanes) is 1. The molecular weight excluding hydrogens is 360 g/mol. The Hall–Kier alpha value is -3.03. The van der Waals surface area contributed by atoms with Crippen molar-refractivity contribution >= 4 is 17.4 Å². The first-order chi connectivity index (χ1) is 13.4. The molecule has 8 heteroatoms. The number of aromatic amines is 1. The first-order valence-electron chi connectivity index (χ1n) is 9.57. The van der Waals surface area contributed by atoms with Gasteiger partial charge in [-0.2, -0.15) is 0 Å². The molecule has 0 aliphatic heterocycles. The third-order valence-electron chi connectivity index (χ3n) is 4.53. The Morgan fingerprint density at radius 3 is 2.43 bits per heavy atom. The van der Waals surface area contributed by atoms with E-state index in [0.717, 1.165) is 19.3 Å². The summed E-state index contributed by atoms with van der Waals surface area (Å²) in [5.41, 5.74) is 5.98. The van der Waals surface area contributed by atoms with Crippen molar-refractivity contribution in [3.63, 3.8) is 0 Å². The monoisotopic (exact) mass is 388 g/mol. The molecule has 0 saturated heterocycles. The van der Waals surface area contributed by atoms with Crippen LogP contribution in [0.4, 0.5) is 11.5 Å². The highest BCUT2D eigenvalue weighted by Gasteiger charge is 2.23. The number of likely N-dealkylation sites (N-methyl/N-ethyl adjacent to an activating group) is 1. The number of anilines is 2. The minimum Gasteiger partial charge on any atom is -0.484 e. The van der Waals surface area contributed by atoms with Crippen LogP contribution in [0.2, 0.25) is 0 Å². The molecule has 8 nitrogen and oxygen atoms in total. The fraction of sp³-hybridized carbons (Fsp3) is 0.450. The molecule has 0 fully saturated rings. The van der Waals surface area contributed by atoms with Gasteiger partial charge in [0.15, 0.2) is 12.3 Å². The zero-order valence-corrected chi connectivity index (χ0v) is 16.7. The fourth-order valence-electron chi connectivity index (χ4n) is 2.88. The van der Waals surface area contributed by atoms with Crippen LogP contribution in [0.5, 0.6) is 5.75 Å². The van der Waals surface area contributed by atoms with Gasteiger partial charge < -0.3 is 15.4 Å². The Morgan fingerprint density at radius 2 is 1.86 bits per heavy atom. The number of aryl methyl sites for hydroxylation is 1. The number of hydrogen-bond acceptors (Lipinski definition) is 5. The van der Waals surface area contributed by atoms with Gasteiger partial charge in [0.1, 0.15) is 11.6 Å². The average molecular weight is 388 g/mol. The van der Waals surface area contributed by atoms with E-state index < -0.39 is 17.2 Å². The number of H-pyrrole nitrogens is 1. The SMILES string of the molecule is CCCCn1c(N)c(N(CC)C(=O)COc2ccc(CC)cc2)c(=O)[nH]c1=O. The standard InChI is InChI=1S/C20H28N4O4/c1-4-7-12-24-18(21)17(19(26)22-20(24)27)23(6-3)16(25)13-28-15-10-8-14(5-2)9-11-15/h8-11H,4-7,12-13,21H2,1-3H3,(H,22,26,27). The number of nitrogen functional groups attached to an aromatic ring is 1. The molecule has 1 aromatic carbocycles. The molecule has 0 atom stereocenters. The van der Waals surface area contributed by atoms with Crippen molar-refractivity contribution in [1.82, 2.24) is 9.55 Å². The number of carbonyl (C=O) groups excluding carboxylic acids is 1. The molecule has 0 radical (unpaired) electrons. The maximum absolute atomic E-state index is 12.7. The molecule has 0 saturated carbocycles. The lowest BCUT2D eigenvalue weighted by Gasteiger charge is -2.23. The lowest BCUT2D eigenvalue weighted by Crippen LogP contribution is -2.42. The number of nitrogens with zero attached hydrogens (tertiary/aromatic N) is 2. The largest absolute Gasteiger partial charge is 0.484 e. The predicted molar refractivity (Wildman–Crippen MR) is 110 cm³/mol. The van der Waals surface area contributed by atoms with Crippen LogP contribution in [-0.4, -0.2) is 28.6 Å². The number of aromatic nitrogens is 2. The van der Waals surface area contributed by atoms with Crippen LogP contribution in [0.25, 0.3) is 0 Å².